The van der Waals surface area contributed by atoms with Gasteiger partial charge in [0.05, 0.1) is 12.3 Å². The number of ketones is 1. The highest BCUT2D eigenvalue weighted by atomic mass is 19.2. The van der Waals surface area contributed by atoms with E-state index in [1.165, 1.54) is 24.4 Å². The second kappa shape index (κ2) is 11.9. The Hall–Kier alpha value is -5.24. The summed E-state index contributed by atoms with van der Waals surface area (Å²) in [4.78, 5) is 43.4. The summed E-state index contributed by atoms with van der Waals surface area (Å²) in [7, 11) is 0. The number of nitrogens with one attached hydrogen (secondary N) is 2. The van der Waals surface area contributed by atoms with Crippen molar-refractivity contribution < 1.29 is 27.8 Å². The van der Waals surface area contributed by atoms with Crippen LogP contribution in [0.5, 0.6) is 11.5 Å². The van der Waals surface area contributed by atoms with E-state index < -0.39 is 40.9 Å². The molecule has 0 bridgehead atoms. The molecule has 0 fully saturated rings. The number of aliphatic hydroxyl groups excluding tert-OH is 1. The number of aliphatic hydroxyl groups is 1. The Morgan fingerprint density at radius 3 is 2.56 bits per heavy atom. The molecule has 3 aromatic heterocycles. The van der Waals surface area contributed by atoms with Crippen molar-refractivity contribution in [3.8, 4) is 17.2 Å². The smallest absolute Gasteiger partial charge is 0.335 e. The van der Waals surface area contributed by atoms with Crippen LogP contribution in [0.3, 0.4) is 0 Å². The van der Waals surface area contributed by atoms with E-state index in [9.17, 15) is 28.3 Å². The number of carbonyl (C=O) groups is 1. The van der Waals surface area contributed by atoms with Crippen molar-refractivity contribution in [2.45, 2.75) is 32.9 Å². The molecule has 0 saturated heterocycles. The number of aromatic amines is 1. The number of ether oxygens (including phenoxy) is 1. The third-order valence-corrected chi connectivity index (χ3v) is 6.62. The van der Waals surface area contributed by atoms with Gasteiger partial charge in [-0.2, -0.15) is 5.10 Å². The lowest BCUT2D eigenvalue weighted by Crippen LogP contribution is -2.41. The summed E-state index contributed by atoms with van der Waals surface area (Å²) in [5.74, 6) is -3.53. The summed E-state index contributed by atoms with van der Waals surface area (Å²) < 4.78 is 50.0. The quantitative estimate of drug-likeness (QED) is 0.208. The Bertz CT molecular complexity index is 1970. The zero-order valence-electron chi connectivity index (χ0n) is 22.9. The summed E-state index contributed by atoms with van der Waals surface area (Å²) in [5, 5.41) is 19.7. The molecule has 2 aromatic carbocycles. The number of H-pyrrole nitrogens is 1. The number of hydrogen-bond donors (Lipinski definition) is 3. The number of anilines is 1. The number of halogens is 3. The minimum absolute atomic E-state index is 0.0822. The van der Waals surface area contributed by atoms with E-state index >= 15 is 4.39 Å². The van der Waals surface area contributed by atoms with Crippen molar-refractivity contribution >= 4 is 22.6 Å². The third kappa shape index (κ3) is 5.77. The predicted octanol–water partition coefficient (Wildman–Crippen LogP) is 3.72. The zero-order valence-corrected chi connectivity index (χ0v) is 22.9. The Labute approximate surface area is 241 Å². The molecule has 0 aliphatic heterocycles. The minimum atomic E-state index is -1.27. The molecule has 1 atom stereocenters. The summed E-state index contributed by atoms with van der Waals surface area (Å²) in [5.41, 5.74) is -1.91. The molecule has 3 N–H and O–H groups in total. The summed E-state index contributed by atoms with van der Waals surface area (Å²) in [6, 6.07) is 7.54. The fourth-order valence-corrected chi connectivity index (χ4v) is 4.40. The van der Waals surface area contributed by atoms with E-state index in [1.54, 1.807) is 13.8 Å². The number of Topliss-reactive ketones (excluding diaryl/α,β-unsaturated/α-hetero) is 1. The second-order valence-corrected chi connectivity index (χ2v) is 9.65. The first-order valence-electron chi connectivity index (χ1n) is 13.1. The van der Waals surface area contributed by atoms with Gasteiger partial charge in [0.1, 0.15) is 16.7 Å². The molecular formula is C29H25F3N6O5. The van der Waals surface area contributed by atoms with Gasteiger partial charge < -0.3 is 15.2 Å². The highest BCUT2D eigenvalue weighted by Crippen LogP contribution is 2.34. The second-order valence-electron chi connectivity index (χ2n) is 9.65. The first-order valence-corrected chi connectivity index (χ1v) is 13.1. The van der Waals surface area contributed by atoms with Gasteiger partial charge in [-0.1, -0.05) is 6.07 Å². The molecule has 0 spiro atoms. The molecule has 11 nitrogen and oxygen atoms in total. The number of fused-ring (bicyclic) bond motifs is 1. The molecule has 0 radical (unpaired) electrons. The van der Waals surface area contributed by atoms with Gasteiger partial charge in [-0.05, 0) is 43.7 Å². The van der Waals surface area contributed by atoms with Crippen LogP contribution in [-0.4, -0.2) is 47.9 Å². The van der Waals surface area contributed by atoms with Gasteiger partial charge in [0.15, 0.2) is 40.4 Å². The van der Waals surface area contributed by atoms with Crippen LogP contribution in [0.25, 0.3) is 16.7 Å². The SMILES string of the molecule is CCn1cc(C(=O)Cc2ccc(Oc3ccnc4[nH]nc(N[C@H](C)CO)c34)c(F)c2)c(=O)n(-c2ccc(F)c(F)c2)c1=O. The van der Waals surface area contributed by atoms with Gasteiger partial charge in [0.25, 0.3) is 5.56 Å². The number of hydrogen-bond acceptors (Lipinski definition) is 8. The van der Waals surface area contributed by atoms with E-state index in [4.69, 9.17) is 4.74 Å². The molecule has 0 saturated carbocycles. The lowest BCUT2D eigenvalue weighted by atomic mass is 10.0. The summed E-state index contributed by atoms with van der Waals surface area (Å²) >= 11 is 0. The van der Waals surface area contributed by atoms with Gasteiger partial charge in [-0.15, -0.1) is 0 Å². The van der Waals surface area contributed by atoms with Gasteiger partial charge in [-0.3, -0.25) is 19.3 Å². The average molecular weight is 595 g/mol. The minimum Gasteiger partial charge on any atom is -0.453 e. The Balaban J connectivity index is 1.43. The van der Waals surface area contributed by atoms with Crippen molar-refractivity contribution in [1.29, 1.82) is 0 Å². The highest BCUT2D eigenvalue weighted by molar-refractivity contribution is 5.97. The largest absolute Gasteiger partial charge is 0.453 e. The number of benzene rings is 2. The van der Waals surface area contributed by atoms with Crippen LogP contribution in [0.15, 0.2) is 64.4 Å². The van der Waals surface area contributed by atoms with Crippen molar-refractivity contribution in [3.63, 3.8) is 0 Å². The van der Waals surface area contributed by atoms with Gasteiger partial charge >= 0.3 is 5.69 Å². The van der Waals surface area contributed by atoms with E-state index in [0.717, 1.165) is 29.0 Å². The van der Waals surface area contributed by atoms with Crippen LogP contribution < -0.4 is 21.3 Å². The zero-order chi connectivity index (χ0) is 30.8. The normalized spacial score (nSPS) is 12.0. The standard InChI is InChI=1S/C29H25F3N6O5/c1-3-37-13-18(28(41)38(29(37)42)17-5-6-19(30)20(31)12-17)22(40)11-16-4-7-23(21(32)10-16)43-24-8-9-33-26-25(24)27(36-35-26)34-15(2)14-39/h4-10,12-13,15,39H,3,11,14H2,1-2H3,(H2,33,34,35,36)/t15-/m1/s1. The molecule has 43 heavy (non-hydrogen) atoms. The molecule has 0 aliphatic carbocycles. The van der Waals surface area contributed by atoms with Crippen molar-refractivity contribution in [1.82, 2.24) is 24.3 Å². The molecule has 14 heteroatoms. The van der Waals surface area contributed by atoms with Gasteiger partial charge in [-0.25, -0.2) is 27.5 Å². The van der Waals surface area contributed by atoms with Crippen molar-refractivity contribution in [3.05, 3.63) is 104 Å². The maximum atomic E-state index is 15.2. The molecule has 3 heterocycles. The maximum Gasteiger partial charge on any atom is 0.335 e. The number of aryl methyl sites for hydroxylation is 1. The van der Waals surface area contributed by atoms with Crippen LogP contribution in [-0.2, 0) is 13.0 Å². The Morgan fingerprint density at radius 2 is 1.86 bits per heavy atom. The number of pyridine rings is 1. The van der Waals surface area contributed by atoms with Crippen LogP contribution in [0, 0.1) is 17.5 Å². The van der Waals surface area contributed by atoms with Crippen LogP contribution >= 0.6 is 0 Å². The van der Waals surface area contributed by atoms with E-state index in [2.05, 4.69) is 20.5 Å². The number of rotatable bonds is 10. The number of aromatic nitrogens is 5. The molecule has 5 rings (SSSR count). The Kier molecular flexibility index (Phi) is 8.12. The average Bonchev–Trinajstić information content (AvgIpc) is 3.39. The topological polar surface area (TPSA) is 144 Å². The van der Waals surface area contributed by atoms with Crippen LogP contribution in [0.4, 0.5) is 19.0 Å². The van der Waals surface area contributed by atoms with Gasteiger partial charge in [0, 0.05) is 43.5 Å². The molecule has 5 aromatic rings. The van der Waals surface area contributed by atoms with E-state index in [0.29, 0.717) is 27.5 Å². The summed E-state index contributed by atoms with van der Waals surface area (Å²) in [6.45, 7) is 3.28. The molecule has 0 unspecified atom stereocenters. The predicted molar refractivity (Wildman–Crippen MR) is 150 cm³/mol. The molecule has 0 amide bonds. The monoisotopic (exact) mass is 594 g/mol. The first kappa shape index (κ1) is 29.3. The third-order valence-electron chi connectivity index (χ3n) is 6.62. The fourth-order valence-electron chi connectivity index (χ4n) is 4.40. The molecular weight excluding hydrogens is 569 g/mol. The van der Waals surface area contributed by atoms with E-state index in [-0.39, 0.29) is 47.5 Å². The Morgan fingerprint density at radius 1 is 1.07 bits per heavy atom. The highest BCUT2D eigenvalue weighted by Gasteiger charge is 2.21. The molecule has 222 valence electrons. The lowest BCUT2D eigenvalue weighted by Gasteiger charge is -2.13. The lowest BCUT2D eigenvalue weighted by molar-refractivity contribution is 0.0990. The number of nitrogens with zero attached hydrogens (tertiary/aromatic N) is 4. The fraction of sp³-hybridized carbons (Fsp3) is 0.207. The van der Waals surface area contributed by atoms with Crippen molar-refractivity contribution in [2.75, 3.05) is 11.9 Å². The molecule has 0 aliphatic rings. The number of carbonyl (C=O) groups excluding carboxylic acids is 1. The van der Waals surface area contributed by atoms with Crippen molar-refractivity contribution in [2.24, 2.45) is 0 Å². The summed E-state index contributed by atoms with van der Waals surface area (Å²) in [6.07, 6.45) is 2.14. The van der Waals surface area contributed by atoms with Crippen LogP contribution in [0.2, 0.25) is 0 Å². The first-order chi connectivity index (χ1) is 20.6. The maximum absolute atomic E-state index is 15.2. The van der Waals surface area contributed by atoms with Gasteiger partial charge in [0.2, 0.25) is 0 Å². The van der Waals surface area contributed by atoms with E-state index in [1.807, 2.05) is 0 Å². The van der Waals surface area contributed by atoms with Crippen LogP contribution in [0.1, 0.15) is 29.8 Å².